The zero-order valence-electron chi connectivity index (χ0n) is 11.5. The molecule has 1 rings (SSSR count). The summed E-state index contributed by atoms with van der Waals surface area (Å²) in [5, 5.41) is 0. The van der Waals surface area contributed by atoms with Crippen LogP contribution >= 0.6 is 0 Å². The molecule has 0 saturated heterocycles. The van der Waals surface area contributed by atoms with Crippen molar-refractivity contribution < 1.29 is 24.1 Å². The first-order valence-electron chi connectivity index (χ1n) is 5.94. The van der Waals surface area contributed by atoms with Gasteiger partial charge >= 0.3 is 5.97 Å². The number of carbonyl (C=O) groups excluding carboxylic acids is 1. The second kappa shape index (κ2) is 5.21. The molecular weight excluding hydrogens is 187 g/mol. The molecule has 4 heteroatoms. The van der Waals surface area contributed by atoms with Crippen molar-refractivity contribution in [2.45, 2.75) is 6.92 Å². The predicted octanol–water partition coefficient (Wildman–Crippen LogP) is 1.77. The number of benzene rings is 1. The average molecular weight is 202 g/mol. The molecule has 0 aliphatic carbocycles. The van der Waals surface area contributed by atoms with Crippen molar-refractivity contribution in [3.05, 3.63) is 30.0 Å². The molecule has 1 aromatic carbocycles. The van der Waals surface area contributed by atoms with E-state index in [4.69, 9.17) is 10.2 Å². The lowest BCUT2D eigenvalue weighted by Gasteiger charge is -2.04. The van der Waals surface area contributed by atoms with Crippen LogP contribution in [-0.2, 0) is 9.53 Å². The number of ether oxygens (including phenoxy) is 2. The summed E-state index contributed by atoms with van der Waals surface area (Å²) >= 11 is 0. The fourth-order valence-electron chi connectivity index (χ4n) is 0.692. The summed E-state index contributed by atoms with van der Waals surface area (Å²) in [5.41, 5.74) is 0. The minimum Gasteiger partial charge on any atom is -0.482 e. The molecule has 0 bridgehead atoms. The van der Waals surface area contributed by atoms with Crippen molar-refractivity contribution in [1.29, 1.82) is 0 Å². The van der Waals surface area contributed by atoms with Crippen LogP contribution in [0.3, 0.4) is 0 Å². The van der Waals surface area contributed by atoms with Crippen LogP contribution < -0.4 is 4.74 Å². The molecule has 0 N–H and O–H groups in total. The Morgan fingerprint density at radius 3 is 2.71 bits per heavy atom. The molecule has 0 spiro atoms. The number of hydrogen-bond donors (Lipinski definition) is 0. The van der Waals surface area contributed by atoms with Crippen LogP contribution in [0.25, 0.3) is 0 Å². The van der Waals surface area contributed by atoms with Crippen molar-refractivity contribution in [2.24, 2.45) is 0 Å². The molecule has 0 radical (unpaired) electrons. The van der Waals surface area contributed by atoms with Crippen LogP contribution in [0.15, 0.2) is 24.2 Å². The van der Waals surface area contributed by atoms with Crippen molar-refractivity contribution in [3.63, 3.8) is 0 Å². The second-order valence-corrected chi connectivity index (χ2v) is 2.24. The van der Waals surface area contributed by atoms with Gasteiger partial charge in [-0.25, -0.2) is 9.18 Å². The summed E-state index contributed by atoms with van der Waals surface area (Å²) in [4.78, 5) is 11.0. The van der Waals surface area contributed by atoms with Gasteiger partial charge in [0.1, 0.15) is 11.6 Å². The molecule has 14 heavy (non-hydrogen) atoms. The molecule has 1 aromatic rings. The van der Waals surface area contributed by atoms with Crippen LogP contribution in [-0.4, -0.2) is 19.2 Å². The van der Waals surface area contributed by atoms with Gasteiger partial charge in [0.2, 0.25) is 0 Å². The molecule has 76 valence electrons. The van der Waals surface area contributed by atoms with Crippen molar-refractivity contribution in [2.75, 3.05) is 13.2 Å². The number of esters is 1. The van der Waals surface area contributed by atoms with E-state index in [1.54, 1.807) is 6.92 Å². The van der Waals surface area contributed by atoms with Gasteiger partial charge in [0, 0.05) is 0 Å². The van der Waals surface area contributed by atoms with Gasteiger partial charge < -0.3 is 9.47 Å². The van der Waals surface area contributed by atoms with E-state index in [-0.39, 0.29) is 6.61 Å². The average Bonchev–Trinajstić information content (AvgIpc) is 2.34. The van der Waals surface area contributed by atoms with E-state index in [1.165, 1.54) is 0 Å². The zero-order chi connectivity index (χ0) is 13.9. The Labute approximate surface area is 87.1 Å². The van der Waals surface area contributed by atoms with E-state index < -0.39 is 48.3 Å². The van der Waals surface area contributed by atoms with Gasteiger partial charge in [-0.2, -0.15) is 0 Å². The molecule has 0 atom stereocenters. The van der Waals surface area contributed by atoms with Gasteiger partial charge in [0.15, 0.2) is 6.61 Å². The molecule has 0 aliphatic heterocycles. The summed E-state index contributed by atoms with van der Waals surface area (Å²) < 4.78 is 51.9. The highest BCUT2D eigenvalue weighted by Crippen LogP contribution is 2.10. The Kier molecular flexibility index (Phi) is 2.24. The Morgan fingerprint density at radius 1 is 1.50 bits per heavy atom. The van der Waals surface area contributed by atoms with Crippen molar-refractivity contribution in [1.82, 2.24) is 0 Å². The Balaban J connectivity index is 2.99. The number of hydrogen-bond acceptors (Lipinski definition) is 3. The molecule has 0 unspecified atom stereocenters. The third-order valence-corrected chi connectivity index (χ3v) is 1.21. The van der Waals surface area contributed by atoms with Gasteiger partial charge in [-0.05, 0) is 31.1 Å². The Hall–Kier alpha value is -1.58. The zero-order valence-corrected chi connectivity index (χ0v) is 7.52. The minimum absolute atomic E-state index is 0.153. The van der Waals surface area contributed by atoms with Gasteiger partial charge in [0.25, 0.3) is 0 Å². The minimum atomic E-state index is -1.26. The smallest absolute Gasteiger partial charge is 0.344 e. The molecule has 0 aliphatic rings. The van der Waals surface area contributed by atoms with E-state index in [0.29, 0.717) is 0 Å². The highest BCUT2D eigenvalue weighted by molar-refractivity contribution is 5.71. The second-order valence-electron chi connectivity index (χ2n) is 2.24. The molecule has 3 nitrogen and oxygen atoms in total. The third-order valence-electron chi connectivity index (χ3n) is 1.21. The predicted molar refractivity (Wildman–Crippen MR) is 48.5 cm³/mol. The van der Waals surface area contributed by atoms with Gasteiger partial charge in [0.05, 0.1) is 12.1 Å². The van der Waals surface area contributed by atoms with Crippen LogP contribution in [0, 0.1) is 5.82 Å². The fourth-order valence-corrected chi connectivity index (χ4v) is 0.692. The molecule has 0 aromatic heterocycles. The first-order valence-corrected chi connectivity index (χ1v) is 3.94. The topological polar surface area (TPSA) is 35.5 Å². The van der Waals surface area contributed by atoms with Gasteiger partial charge in [-0.1, -0.05) is 0 Å². The summed E-state index contributed by atoms with van der Waals surface area (Å²) in [6, 6.07) is -3.01. The summed E-state index contributed by atoms with van der Waals surface area (Å²) in [7, 11) is 0. The Bertz CT molecular complexity index is 450. The van der Waals surface area contributed by atoms with Crippen LogP contribution in [0.2, 0.25) is 0 Å². The lowest BCUT2D eigenvalue weighted by Crippen LogP contribution is -2.14. The van der Waals surface area contributed by atoms with E-state index in [2.05, 4.69) is 4.74 Å². The first kappa shape index (κ1) is 6.01. The summed E-state index contributed by atoms with van der Waals surface area (Å²) in [6.45, 7) is 1.20. The fraction of sp³-hybridized carbons (Fsp3) is 0.300. The monoisotopic (exact) mass is 202 g/mol. The van der Waals surface area contributed by atoms with Crippen LogP contribution in [0.1, 0.15) is 12.4 Å². The maximum absolute atomic E-state index is 13.2. The highest BCUT2D eigenvalue weighted by Gasteiger charge is 2.02. The summed E-state index contributed by atoms with van der Waals surface area (Å²) in [5.74, 6) is -2.44. The third kappa shape index (κ3) is 3.43. The lowest BCUT2D eigenvalue weighted by molar-refractivity contribution is -0.145. The molecule has 0 saturated carbocycles. The van der Waals surface area contributed by atoms with E-state index in [1.807, 2.05) is 0 Å². The molecular formula is C10H11FO3. The van der Waals surface area contributed by atoms with Gasteiger partial charge in [-0.3, -0.25) is 0 Å². The van der Waals surface area contributed by atoms with Crippen molar-refractivity contribution in [3.8, 4) is 5.75 Å². The Morgan fingerprint density at radius 2 is 2.14 bits per heavy atom. The van der Waals surface area contributed by atoms with Crippen LogP contribution in [0.5, 0.6) is 5.75 Å². The largest absolute Gasteiger partial charge is 0.482 e. The lowest BCUT2D eigenvalue weighted by atomic mass is 10.3. The standard InChI is InChI=1S/C10H11FO3/c1-2-13-10(12)7-14-9-5-3-8(11)4-6-9/h3-6H,2,7H2,1H3/i3D,4D,5D,6D. The van der Waals surface area contributed by atoms with Gasteiger partial charge in [-0.15, -0.1) is 0 Å². The van der Waals surface area contributed by atoms with Crippen molar-refractivity contribution >= 4 is 5.97 Å². The normalized spacial score (nSPS) is 13.6. The van der Waals surface area contributed by atoms with E-state index in [0.717, 1.165) is 0 Å². The maximum Gasteiger partial charge on any atom is 0.344 e. The number of halogens is 1. The molecule has 0 amide bonds. The molecule has 0 heterocycles. The SMILES string of the molecule is [2H]c1c([2H])c(OCC(=O)OCC)c([2H])c([2H])c1F. The maximum atomic E-state index is 13.2. The quantitative estimate of drug-likeness (QED) is 0.698. The summed E-state index contributed by atoms with van der Waals surface area (Å²) in [6.07, 6.45) is 0. The molecule has 0 fully saturated rings. The first-order chi connectivity index (χ1) is 8.40. The van der Waals surface area contributed by atoms with Crippen LogP contribution in [0.4, 0.5) is 4.39 Å². The number of carbonyl (C=O) groups is 1. The van der Waals surface area contributed by atoms with E-state index >= 15 is 0 Å². The van der Waals surface area contributed by atoms with E-state index in [9.17, 15) is 9.18 Å². The highest BCUT2D eigenvalue weighted by atomic mass is 19.1. The number of rotatable bonds is 4.